The molecule has 0 aromatic heterocycles. The summed E-state index contributed by atoms with van der Waals surface area (Å²) in [6.07, 6.45) is 0.287. The lowest BCUT2D eigenvalue weighted by Gasteiger charge is -2.18. The van der Waals surface area contributed by atoms with Crippen LogP contribution in [0.3, 0.4) is 0 Å². The number of hydrogen-bond acceptors (Lipinski definition) is 4. The van der Waals surface area contributed by atoms with Gasteiger partial charge in [0.05, 0.1) is 29.3 Å². The quantitative estimate of drug-likeness (QED) is 0.927. The van der Waals surface area contributed by atoms with Gasteiger partial charge in [-0.05, 0) is 42.8 Å². The second kappa shape index (κ2) is 6.16. The SMILES string of the molecule is Cc1cccc(S(=O)(=O)Nc2ccc3c(c2)N(C)C(=O)CCO3)c1. The molecule has 3 rings (SSSR count). The van der Waals surface area contributed by atoms with Gasteiger partial charge in [-0.25, -0.2) is 8.42 Å². The zero-order chi connectivity index (χ0) is 17.3. The van der Waals surface area contributed by atoms with Crippen molar-refractivity contribution in [1.82, 2.24) is 0 Å². The number of ether oxygens (including phenoxy) is 1. The predicted octanol–water partition coefficient (Wildman–Crippen LogP) is 2.54. The smallest absolute Gasteiger partial charge is 0.261 e. The molecule has 1 heterocycles. The van der Waals surface area contributed by atoms with E-state index in [0.29, 0.717) is 23.7 Å². The van der Waals surface area contributed by atoms with Gasteiger partial charge in [0.15, 0.2) is 0 Å². The lowest BCUT2D eigenvalue weighted by atomic mass is 10.2. The summed E-state index contributed by atoms with van der Waals surface area (Å²) in [6, 6.07) is 11.6. The largest absolute Gasteiger partial charge is 0.491 e. The molecule has 1 N–H and O–H groups in total. The number of nitrogens with one attached hydrogen (secondary N) is 1. The minimum absolute atomic E-state index is 0.0764. The Bertz CT molecular complexity index is 893. The molecule has 1 aliphatic rings. The molecule has 0 saturated carbocycles. The molecule has 0 aliphatic carbocycles. The number of fused-ring (bicyclic) bond motifs is 1. The molecule has 0 spiro atoms. The van der Waals surface area contributed by atoms with Crippen molar-refractivity contribution in [2.24, 2.45) is 0 Å². The number of carbonyl (C=O) groups is 1. The van der Waals surface area contributed by atoms with Crippen LogP contribution in [0.15, 0.2) is 47.4 Å². The van der Waals surface area contributed by atoms with Gasteiger partial charge in [-0.1, -0.05) is 12.1 Å². The summed E-state index contributed by atoms with van der Waals surface area (Å²) in [5.74, 6) is 0.481. The van der Waals surface area contributed by atoms with Crippen LogP contribution in [-0.2, 0) is 14.8 Å². The first kappa shape index (κ1) is 16.3. The summed E-state index contributed by atoms with van der Waals surface area (Å²) in [5.41, 5.74) is 1.78. The third-order valence-corrected chi connectivity index (χ3v) is 5.20. The van der Waals surface area contributed by atoms with Crippen LogP contribution in [0, 0.1) is 6.92 Å². The standard InChI is InChI=1S/C17H18N2O4S/c1-12-4-3-5-14(10-12)24(21,22)18-13-6-7-16-15(11-13)19(2)17(20)8-9-23-16/h3-7,10-11,18H,8-9H2,1-2H3. The Balaban J connectivity index is 1.94. The molecule has 126 valence electrons. The van der Waals surface area contributed by atoms with E-state index in [-0.39, 0.29) is 17.2 Å². The molecule has 0 radical (unpaired) electrons. The maximum atomic E-state index is 12.5. The summed E-state index contributed by atoms with van der Waals surface area (Å²) >= 11 is 0. The van der Waals surface area contributed by atoms with Crippen molar-refractivity contribution in [2.75, 3.05) is 23.3 Å². The maximum absolute atomic E-state index is 12.5. The van der Waals surface area contributed by atoms with Crippen LogP contribution in [0.2, 0.25) is 0 Å². The Hall–Kier alpha value is -2.54. The Morgan fingerprint density at radius 1 is 1.17 bits per heavy atom. The van der Waals surface area contributed by atoms with E-state index in [2.05, 4.69) is 4.72 Å². The number of amides is 1. The van der Waals surface area contributed by atoms with E-state index in [9.17, 15) is 13.2 Å². The number of rotatable bonds is 3. The first-order valence-electron chi connectivity index (χ1n) is 7.50. The molecular formula is C17H18N2O4S. The molecule has 24 heavy (non-hydrogen) atoms. The van der Waals surface area contributed by atoms with E-state index in [0.717, 1.165) is 5.56 Å². The normalized spacial score (nSPS) is 14.6. The Morgan fingerprint density at radius 3 is 2.71 bits per heavy atom. The molecule has 0 saturated heterocycles. The summed E-state index contributed by atoms with van der Waals surface area (Å²) in [6.45, 7) is 2.14. The minimum atomic E-state index is -3.70. The Morgan fingerprint density at radius 2 is 1.96 bits per heavy atom. The average molecular weight is 346 g/mol. The minimum Gasteiger partial charge on any atom is -0.491 e. The summed E-state index contributed by atoms with van der Waals surface area (Å²) < 4.78 is 33.1. The fourth-order valence-corrected chi connectivity index (χ4v) is 3.67. The van der Waals surface area contributed by atoms with Crippen molar-refractivity contribution in [1.29, 1.82) is 0 Å². The monoisotopic (exact) mass is 346 g/mol. The van der Waals surface area contributed by atoms with E-state index in [1.807, 2.05) is 13.0 Å². The zero-order valence-electron chi connectivity index (χ0n) is 13.4. The summed E-state index contributed by atoms with van der Waals surface area (Å²) in [4.78, 5) is 13.6. The van der Waals surface area contributed by atoms with Crippen LogP contribution in [0.4, 0.5) is 11.4 Å². The third kappa shape index (κ3) is 3.21. The molecule has 0 bridgehead atoms. The molecule has 2 aromatic rings. The van der Waals surface area contributed by atoms with Crippen LogP contribution in [0.1, 0.15) is 12.0 Å². The number of aryl methyl sites for hydroxylation is 1. The summed E-state index contributed by atoms with van der Waals surface area (Å²) in [5, 5.41) is 0. The van der Waals surface area contributed by atoms with Crippen molar-refractivity contribution < 1.29 is 17.9 Å². The van der Waals surface area contributed by atoms with E-state index in [1.165, 1.54) is 11.0 Å². The van der Waals surface area contributed by atoms with E-state index < -0.39 is 10.0 Å². The number of sulfonamides is 1. The molecule has 1 aliphatic heterocycles. The Kier molecular flexibility index (Phi) is 4.19. The van der Waals surface area contributed by atoms with Crippen LogP contribution < -0.4 is 14.4 Å². The fourth-order valence-electron chi connectivity index (χ4n) is 2.51. The number of nitrogens with zero attached hydrogens (tertiary/aromatic N) is 1. The van der Waals surface area contributed by atoms with Gasteiger partial charge < -0.3 is 9.64 Å². The van der Waals surface area contributed by atoms with E-state index >= 15 is 0 Å². The van der Waals surface area contributed by atoms with Crippen molar-refractivity contribution in [2.45, 2.75) is 18.2 Å². The number of hydrogen-bond donors (Lipinski definition) is 1. The van der Waals surface area contributed by atoms with Gasteiger partial charge in [-0.2, -0.15) is 0 Å². The molecule has 1 amide bonds. The lowest BCUT2D eigenvalue weighted by Crippen LogP contribution is -2.25. The highest BCUT2D eigenvalue weighted by molar-refractivity contribution is 7.92. The third-order valence-electron chi connectivity index (χ3n) is 3.82. The van der Waals surface area contributed by atoms with Crippen molar-refractivity contribution >= 4 is 27.3 Å². The number of carbonyl (C=O) groups excluding carboxylic acids is 1. The Labute approximate surface area is 141 Å². The second-order valence-corrected chi connectivity index (χ2v) is 7.34. The molecule has 0 atom stereocenters. The van der Waals surface area contributed by atoms with E-state index in [1.54, 1.807) is 37.4 Å². The van der Waals surface area contributed by atoms with Crippen LogP contribution in [0.5, 0.6) is 5.75 Å². The first-order valence-corrected chi connectivity index (χ1v) is 8.98. The zero-order valence-corrected chi connectivity index (χ0v) is 14.3. The van der Waals surface area contributed by atoms with Crippen molar-refractivity contribution in [3.05, 3.63) is 48.0 Å². The average Bonchev–Trinajstić information content (AvgIpc) is 2.67. The second-order valence-electron chi connectivity index (χ2n) is 5.66. The first-order chi connectivity index (χ1) is 11.4. The molecule has 7 heteroatoms. The van der Waals surface area contributed by atoms with Crippen LogP contribution >= 0.6 is 0 Å². The molecule has 2 aromatic carbocycles. The van der Waals surface area contributed by atoms with Crippen molar-refractivity contribution in [3.8, 4) is 5.75 Å². The van der Waals surface area contributed by atoms with Crippen LogP contribution in [0.25, 0.3) is 0 Å². The topological polar surface area (TPSA) is 75.7 Å². The molecule has 0 unspecified atom stereocenters. The fraction of sp³-hybridized carbons (Fsp3) is 0.235. The molecule has 0 fully saturated rings. The maximum Gasteiger partial charge on any atom is 0.261 e. The summed E-state index contributed by atoms with van der Waals surface area (Å²) in [7, 11) is -2.05. The molecular weight excluding hydrogens is 328 g/mol. The number of anilines is 2. The molecule has 6 nitrogen and oxygen atoms in total. The predicted molar refractivity (Wildman–Crippen MR) is 92.0 cm³/mol. The van der Waals surface area contributed by atoms with Gasteiger partial charge >= 0.3 is 0 Å². The van der Waals surface area contributed by atoms with Gasteiger partial charge in [0.25, 0.3) is 10.0 Å². The van der Waals surface area contributed by atoms with Crippen molar-refractivity contribution in [3.63, 3.8) is 0 Å². The lowest BCUT2D eigenvalue weighted by molar-refractivity contribution is -0.118. The van der Waals surface area contributed by atoms with Gasteiger partial charge in [-0.3, -0.25) is 9.52 Å². The van der Waals surface area contributed by atoms with Gasteiger partial charge in [0, 0.05) is 7.05 Å². The highest BCUT2D eigenvalue weighted by Crippen LogP contribution is 2.33. The van der Waals surface area contributed by atoms with Crippen LogP contribution in [-0.4, -0.2) is 28.0 Å². The number of benzene rings is 2. The van der Waals surface area contributed by atoms with Gasteiger partial charge in [0.1, 0.15) is 5.75 Å². The van der Waals surface area contributed by atoms with E-state index in [4.69, 9.17) is 4.74 Å². The highest BCUT2D eigenvalue weighted by atomic mass is 32.2. The highest BCUT2D eigenvalue weighted by Gasteiger charge is 2.21. The van der Waals surface area contributed by atoms with Gasteiger partial charge in [-0.15, -0.1) is 0 Å². The van der Waals surface area contributed by atoms with Gasteiger partial charge in [0.2, 0.25) is 5.91 Å².